The van der Waals surface area contributed by atoms with Gasteiger partial charge in [0.25, 0.3) is 20.1 Å². The molecule has 0 bridgehead atoms. The van der Waals surface area contributed by atoms with Crippen molar-refractivity contribution in [3.63, 3.8) is 0 Å². The molecule has 0 aliphatic carbocycles. The molecule has 176 valence electrons. The molecule has 1 aromatic carbocycles. The molecule has 0 saturated heterocycles. The van der Waals surface area contributed by atoms with Gasteiger partial charge < -0.3 is 9.47 Å². The number of carbonyl (C=O) groups excluding carboxylic acids is 1. The number of sulfonamides is 1. The van der Waals surface area contributed by atoms with Gasteiger partial charge in [-0.1, -0.05) is 12.1 Å². The Labute approximate surface area is 179 Å². The van der Waals surface area contributed by atoms with Crippen molar-refractivity contribution < 1.29 is 48.5 Å². The lowest BCUT2D eigenvalue weighted by molar-refractivity contribution is -0.152. The van der Waals surface area contributed by atoms with Gasteiger partial charge in [-0.3, -0.25) is 9.50 Å². The number of alkyl halides is 3. The molecule has 18 heteroatoms. The molecule has 0 aliphatic heterocycles. The number of urea groups is 1. The van der Waals surface area contributed by atoms with Crippen LogP contribution in [0, 0.1) is 0 Å². The highest BCUT2D eigenvalue weighted by atomic mass is 32.2. The fraction of sp³-hybridized carbons (Fsp3) is 0.286. The minimum atomic E-state index is -5.16. The Hall–Kier alpha value is -3.25. The summed E-state index contributed by atoms with van der Waals surface area (Å²) in [6, 6.07) is 1.56. The third-order valence-corrected chi connectivity index (χ3v) is 6.04. The van der Waals surface area contributed by atoms with Gasteiger partial charge in [-0.15, -0.1) is 4.98 Å². The molecule has 2 rings (SSSR count). The third-order valence-electron chi connectivity index (χ3n) is 3.20. The van der Waals surface area contributed by atoms with Crippen molar-refractivity contribution in [2.75, 3.05) is 26.1 Å². The Balaban J connectivity index is 2.29. The Morgan fingerprint density at radius 1 is 0.969 bits per heavy atom. The first-order valence-electron chi connectivity index (χ1n) is 8.00. The molecule has 2 N–H and O–H groups in total. The van der Waals surface area contributed by atoms with E-state index < -0.39 is 54.7 Å². The average Bonchev–Trinajstić information content (AvgIpc) is 2.71. The molecular weight excluding hydrogens is 487 g/mol. The normalized spacial score (nSPS) is 12.2. The van der Waals surface area contributed by atoms with Crippen molar-refractivity contribution in [2.24, 2.45) is 0 Å². The number of nitrogens with one attached hydrogen (secondary N) is 2. The third kappa shape index (κ3) is 6.62. The van der Waals surface area contributed by atoms with Crippen LogP contribution in [0.5, 0.6) is 12.0 Å². The van der Waals surface area contributed by atoms with Gasteiger partial charge in [0, 0.05) is 0 Å². The number of amides is 2. The van der Waals surface area contributed by atoms with E-state index in [9.17, 15) is 34.8 Å². The number of ether oxygens (including phenoxy) is 2. The van der Waals surface area contributed by atoms with E-state index >= 15 is 0 Å². The lowest BCUT2D eigenvalue weighted by atomic mass is 10.4. The first-order valence-corrected chi connectivity index (χ1v) is 10.9. The van der Waals surface area contributed by atoms with Crippen LogP contribution in [-0.2, 0) is 24.3 Å². The maximum atomic E-state index is 12.5. The molecule has 1 aromatic heterocycles. The number of aromatic nitrogens is 3. The fourth-order valence-electron chi connectivity index (χ4n) is 1.97. The Bertz CT molecular complexity index is 1180. The Kier molecular flexibility index (Phi) is 7.42. The fourth-order valence-corrected chi connectivity index (χ4v) is 4.57. The Morgan fingerprint density at radius 2 is 1.50 bits per heavy atom. The summed E-state index contributed by atoms with van der Waals surface area (Å²) in [5, 5.41) is 1.94. The van der Waals surface area contributed by atoms with Crippen molar-refractivity contribution in [3.05, 3.63) is 24.3 Å². The summed E-state index contributed by atoms with van der Waals surface area (Å²) in [7, 11) is -7.68. The van der Waals surface area contributed by atoms with E-state index in [1.165, 1.54) is 18.9 Å². The van der Waals surface area contributed by atoms with Gasteiger partial charge >= 0.3 is 24.2 Å². The van der Waals surface area contributed by atoms with Gasteiger partial charge in [0.1, 0.15) is 9.79 Å². The maximum Gasteiger partial charge on any atom is 0.413 e. The Morgan fingerprint density at radius 3 is 2.00 bits per heavy atom. The largest absolute Gasteiger partial charge is 0.467 e. The molecule has 1 heterocycles. The number of hydrogen-bond donors (Lipinski definition) is 2. The first kappa shape index (κ1) is 25.0. The summed E-state index contributed by atoms with van der Waals surface area (Å²) in [5.74, 6) is -0.490. The van der Waals surface area contributed by atoms with Crippen LogP contribution in [0.4, 0.5) is 23.9 Å². The number of rotatable bonds is 8. The lowest BCUT2D eigenvalue weighted by Crippen LogP contribution is -2.35. The number of carbonyl (C=O) groups is 1. The summed E-state index contributed by atoms with van der Waals surface area (Å²) in [6.07, 6.45) is -4.99. The first-order chi connectivity index (χ1) is 14.8. The van der Waals surface area contributed by atoms with E-state index in [0.29, 0.717) is 6.07 Å². The summed E-state index contributed by atoms with van der Waals surface area (Å²) >= 11 is 0. The van der Waals surface area contributed by atoms with Crippen LogP contribution in [0.25, 0.3) is 0 Å². The van der Waals surface area contributed by atoms with Gasteiger partial charge in [0.2, 0.25) is 5.95 Å². The molecule has 2 aromatic rings. The molecule has 0 unspecified atom stereocenters. The second-order valence-electron chi connectivity index (χ2n) is 5.47. The van der Waals surface area contributed by atoms with Crippen molar-refractivity contribution >= 4 is 32.1 Å². The molecule has 0 aliphatic rings. The summed E-state index contributed by atoms with van der Waals surface area (Å²) < 4.78 is 101. The van der Waals surface area contributed by atoms with Crippen LogP contribution < -0.4 is 19.5 Å². The summed E-state index contributed by atoms with van der Waals surface area (Å²) in [6.45, 7) is -2.18. The van der Waals surface area contributed by atoms with Crippen LogP contribution in [0.1, 0.15) is 0 Å². The second kappa shape index (κ2) is 9.49. The molecular formula is C14H14F3N5O8S2. The van der Waals surface area contributed by atoms with Gasteiger partial charge in [-0.05, 0) is 12.1 Å². The topological polar surface area (TPSA) is 176 Å². The van der Waals surface area contributed by atoms with E-state index in [2.05, 4.69) is 19.1 Å². The number of halogens is 3. The zero-order valence-corrected chi connectivity index (χ0v) is 17.7. The van der Waals surface area contributed by atoms with Gasteiger partial charge in [-0.25, -0.2) is 17.9 Å². The van der Waals surface area contributed by atoms with Crippen molar-refractivity contribution in [2.45, 2.75) is 16.0 Å². The molecule has 0 spiro atoms. The maximum absolute atomic E-state index is 12.5. The van der Waals surface area contributed by atoms with E-state index in [-0.39, 0.29) is 12.0 Å². The van der Waals surface area contributed by atoms with Crippen molar-refractivity contribution in [1.29, 1.82) is 0 Å². The van der Waals surface area contributed by atoms with Crippen LogP contribution in [-0.4, -0.2) is 64.8 Å². The average molecular weight is 501 g/mol. The summed E-state index contributed by atoms with van der Waals surface area (Å²) in [4.78, 5) is 20.9. The van der Waals surface area contributed by atoms with Crippen LogP contribution in [0.3, 0.4) is 0 Å². The van der Waals surface area contributed by atoms with Crippen LogP contribution in [0.15, 0.2) is 34.1 Å². The highest BCUT2D eigenvalue weighted by molar-refractivity contribution is 7.92. The van der Waals surface area contributed by atoms with E-state index in [1.807, 2.05) is 5.32 Å². The highest BCUT2D eigenvalue weighted by Crippen LogP contribution is 2.25. The minimum absolute atomic E-state index is 0.284. The predicted octanol–water partition coefficient (Wildman–Crippen LogP) is 0.667. The number of anilines is 1. The summed E-state index contributed by atoms with van der Waals surface area (Å²) in [5.41, 5.74) is 0. The van der Waals surface area contributed by atoms with E-state index in [4.69, 9.17) is 9.47 Å². The molecule has 0 atom stereocenters. The van der Waals surface area contributed by atoms with Crippen LogP contribution in [0.2, 0.25) is 0 Å². The van der Waals surface area contributed by atoms with E-state index in [0.717, 1.165) is 18.2 Å². The minimum Gasteiger partial charge on any atom is -0.467 e. The molecule has 2 amide bonds. The zero-order valence-electron chi connectivity index (χ0n) is 16.1. The highest BCUT2D eigenvalue weighted by Gasteiger charge is 2.34. The molecule has 0 radical (unpaired) electrons. The molecule has 32 heavy (non-hydrogen) atoms. The van der Waals surface area contributed by atoms with Crippen molar-refractivity contribution in [1.82, 2.24) is 19.7 Å². The zero-order chi connectivity index (χ0) is 24.2. The number of nitrogens with zero attached hydrogens (tertiary/aromatic N) is 3. The lowest BCUT2D eigenvalue weighted by Gasteiger charge is -2.13. The molecule has 0 fully saturated rings. The number of methoxy groups -OCH3 is 2. The smallest absolute Gasteiger partial charge is 0.413 e. The quantitative estimate of drug-likeness (QED) is 0.486. The van der Waals surface area contributed by atoms with Crippen molar-refractivity contribution in [3.8, 4) is 12.0 Å². The number of benzene rings is 1. The van der Waals surface area contributed by atoms with E-state index in [1.54, 1.807) is 0 Å². The monoisotopic (exact) mass is 501 g/mol. The van der Waals surface area contributed by atoms with Gasteiger partial charge in [-0.2, -0.15) is 31.6 Å². The predicted molar refractivity (Wildman–Crippen MR) is 97.9 cm³/mol. The second-order valence-corrected chi connectivity index (χ2v) is 8.70. The van der Waals surface area contributed by atoms with Gasteiger partial charge in [0.05, 0.1) is 14.2 Å². The molecule has 0 saturated carbocycles. The standard InChI is InChI=1S/C14H14F3N5O8S2/c1-28-12-19-10(20-13(21-12)29-2)18-11(23)22-31(24,25)8-5-3-4-6-9(8)32(26,27)30-7-14(15,16)17/h3-6H,7H2,1-2H3,(H2,18,19,20,21,22,23). The SMILES string of the molecule is COc1nc(NC(=O)NS(=O)(=O)c2ccccc2S(=O)(=O)OCC(F)(F)F)nc(OC)n1. The molecule has 13 nitrogen and oxygen atoms in total. The number of hydrogen-bond acceptors (Lipinski definition) is 11. The van der Waals surface area contributed by atoms with Gasteiger partial charge in [0.15, 0.2) is 6.61 Å². The van der Waals surface area contributed by atoms with Crippen LogP contribution >= 0.6 is 0 Å².